The molecule has 6 rings (SSSR count). The van der Waals surface area contributed by atoms with Crippen molar-refractivity contribution in [3.05, 3.63) is 53.5 Å². The minimum Gasteiger partial charge on any atom is -0.367 e. The Labute approximate surface area is 180 Å². The monoisotopic (exact) mass is 422 g/mol. The van der Waals surface area contributed by atoms with Gasteiger partial charge in [-0.05, 0) is 61.7 Å². The second kappa shape index (κ2) is 7.57. The molecule has 0 aliphatic carbocycles. The smallest absolute Gasteiger partial charge is 0.125 e. The maximum Gasteiger partial charge on any atom is 0.125 e. The normalized spacial score (nSPS) is 23.4. The van der Waals surface area contributed by atoms with Crippen LogP contribution in [0.25, 0.3) is 10.9 Å². The van der Waals surface area contributed by atoms with Crippen molar-refractivity contribution >= 4 is 28.4 Å². The maximum absolute atomic E-state index is 13.4. The number of piperidine rings is 1. The van der Waals surface area contributed by atoms with E-state index in [0.29, 0.717) is 12.0 Å². The summed E-state index contributed by atoms with van der Waals surface area (Å²) in [5.41, 5.74) is 4.98. The number of fused-ring (bicyclic) bond motifs is 4. The summed E-state index contributed by atoms with van der Waals surface area (Å²) < 4.78 is 13.4. The molecule has 1 aromatic heterocycles. The fourth-order valence-corrected chi connectivity index (χ4v) is 6.76. The summed E-state index contributed by atoms with van der Waals surface area (Å²) in [5, 5.41) is 8.43. The quantitative estimate of drug-likeness (QED) is 0.655. The highest BCUT2D eigenvalue weighted by molar-refractivity contribution is 7.99. The zero-order chi connectivity index (χ0) is 20.1. The van der Waals surface area contributed by atoms with Crippen molar-refractivity contribution < 1.29 is 4.39 Å². The molecule has 1 saturated heterocycles. The Hall–Kier alpha value is -2.05. The van der Waals surface area contributed by atoms with E-state index in [-0.39, 0.29) is 5.82 Å². The van der Waals surface area contributed by atoms with Gasteiger partial charge in [0.05, 0.1) is 11.2 Å². The lowest BCUT2D eigenvalue weighted by Crippen LogP contribution is -2.46. The van der Waals surface area contributed by atoms with Crippen LogP contribution in [0, 0.1) is 5.82 Å². The van der Waals surface area contributed by atoms with E-state index in [2.05, 4.69) is 38.2 Å². The van der Waals surface area contributed by atoms with E-state index in [1.54, 1.807) is 11.3 Å². The van der Waals surface area contributed by atoms with E-state index in [0.717, 1.165) is 42.5 Å². The van der Waals surface area contributed by atoms with Gasteiger partial charge in [-0.3, -0.25) is 5.10 Å². The number of halogens is 1. The number of rotatable bonds is 4. The molecule has 0 spiro atoms. The Morgan fingerprint density at radius 2 is 2.17 bits per heavy atom. The summed E-state index contributed by atoms with van der Waals surface area (Å²) in [6.07, 6.45) is 4.60. The lowest BCUT2D eigenvalue weighted by molar-refractivity contribution is 0.191. The van der Waals surface area contributed by atoms with Crippen LogP contribution in [0.2, 0.25) is 0 Å². The number of likely N-dealkylation sites (tertiary alicyclic amines) is 1. The van der Waals surface area contributed by atoms with Gasteiger partial charge in [-0.1, -0.05) is 12.1 Å². The molecule has 6 heteroatoms. The first-order valence-electron chi connectivity index (χ1n) is 11.1. The van der Waals surface area contributed by atoms with Crippen LogP contribution in [0.4, 0.5) is 10.1 Å². The highest BCUT2D eigenvalue weighted by Gasteiger charge is 2.43. The molecule has 4 nitrogen and oxygen atoms in total. The van der Waals surface area contributed by atoms with Crippen molar-refractivity contribution in [1.82, 2.24) is 15.1 Å². The van der Waals surface area contributed by atoms with Gasteiger partial charge in [-0.25, -0.2) is 4.39 Å². The maximum atomic E-state index is 13.4. The molecule has 3 aliphatic heterocycles. The highest BCUT2D eigenvalue weighted by atomic mass is 32.2. The molecule has 3 aromatic rings. The van der Waals surface area contributed by atoms with E-state index in [1.165, 1.54) is 48.7 Å². The summed E-state index contributed by atoms with van der Waals surface area (Å²) >= 11 is 2.04. The van der Waals surface area contributed by atoms with Gasteiger partial charge in [-0.15, -0.1) is 11.8 Å². The van der Waals surface area contributed by atoms with Crippen LogP contribution >= 0.6 is 11.8 Å². The molecular formula is C24H27FN4S. The highest BCUT2D eigenvalue weighted by Crippen LogP contribution is 2.50. The molecule has 4 heterocycles. The minimum absolute atomic E-state index is 0.226. The molecule has 0 radical (unpaired) electrons. The molecule has 0 unspecified atom stereocenters. The molecular weight excluding hydrogens is 395 g/mol. The zero-order valence-corrected chi connectivity index (χ0v) is 17.9. The fourth-order valence-electron chi connectivity index (χ4n) is 5.72. The third-order valence-corrected chi connectivity index (χ3v) is 8.21. The molecule has 1 N–H and O–H groups in total. The number of anilines is 1. The van der Waals surface area contributed by atoms with Gasteiger partial charge >= 0.3 is 0 Å². The number of aromatic nitrogens is 2. The molecule has 2 atom stereocenters. The van der Waals surface area contributed by atoms with E-state index >= 15 is 0 Å². The number of H-pyrrole nitrogens is 1. The predicted octanol–water partition coefficient (Wildman–Crippen LogP) is 4.81. The predicted molar refractivity (Wildman–Crippen MR) is 121 cm³/mol. The number of para-hydroxylation sites is 1. The van der Waals surface area contributed by atoms with E-state index in [4.69, 9.17) is 0 Å². The summed E-state index contributed by atoms with van der Waals surface area (Å²) in [7, 11) is 0. The first kappa shape index (κ1) is 18.7. The van der Waals surface area contributed by atoms with Crippen LogP contribution in [0.5, 0.6) is 0 Å². The Morgan fingerprint density at radius 3 is 3.13 bits per heavy atom. The second-order valence-corrected chi connectivity index (χ2v) is 9.96. The zero-order valence-electron chi connectivity index (χ0n) is 17.1. The average molecular weight is 423 g/mol. The van der Waals surface area contributed by atoms with Crippen molar-refractivity contribution in [2.24, 2.45) is 0 Å². The van der Waals surface area contributed by atoms with Crippen molar-refractivity contribution in [1.29, 1.82) is 0 Å². The van der Waals surface area contributed by atoms with E-state index < -0.39 is 0 Å². The fraction of sp³-hybridized carbons (Fsp3) is 0.458. The number of thioether (sulfide) groups is 1. The van der Waals surface area contributed by atoms with Crippen LogP contribution in [0.3, 0.4) is 0 Å². The van der Waals surface area contributed by atoms with Gasteiger partial charge in [0.1, 0.15) is 5.82 Å². The molecule has 3 aliphatic rings. The number of nitrogens with zero attached hydrogens (tertiary/aromatic N) is 3. The van der Waals surface area contributed by atoms with Crippen molar-refractivity contribution in [2.45, 2.75) is 42.5 Å². The van der Waals surface area contributed by atoms with Crippen LogP contribution in [-0.2, 0) is 6.42 Å². The Bertz CT molecular complexity index is 1080. The van der Waals surface area contributed by atoms with Crippen molar-refractivity contribution in [2.75, 3.05) is 36.8 Å². The summed E-state index contributed by atoms with van der Waals surface area (Å²) in [4.78, 5) is 6.88. The first-order valence-corrected chi connectivity index (χ1v) is 12.1. The molecule has 30 heavy (non-hydrogen) atoms. The molecule has 2 aromatic carbocycles. The van der Waals surface area contributed by atoms with Crippen molar-refractivity contribution in [3.63, 3.8) is 0 Å². The van der Waals surface area contributed by atoms with Crippen LogP contribution < -0.4 is 4.90 Å². The van der Waals surface area contributed by atoms with Gasteiger partial charge in [0.25, 0.3) is 0 Å². The molecule has 156 valence electrons. The minimum atomic E-state index is -0.226. The standard InChI is InChI=1S/C24H27FN4S/c25-16-7-8-18-20(26-27-21(18)14-16)5-2-10-28-12-9-22-19(15-28)17-4-1-6-23-24(17)29(22)11-3-13-30-23/h1,4,6-8,14,19,22H,2-3,5,9-13,15H2,(H,26,27)/t19-,22-/m1/s1. The van der Waals surface area contributed by atoms with Gasteiger partial charge in [-0.2, -0.15) is 5.10 Å². The topological polar surface area (TPSA) is 35.2 Å². The van der Waals surface area contributed by atoms with Crippen molar-refractivity contribution in [3.8, 4) is 0 Å². The van der Waals surface area contributed by atoms with Gasteiger partial charge in [0.2, 0.25) is 0 Å². The first-order chi connectivity index (χ1) is 14.8. The number of aryl methyl sites for hydroxylation is 1. The molecule has 0 saturated carbocycles. The number of benzene rings is 2. The van der Waals surface area contributed by atoms with Crippen LogP contribution in [0.1, 0.15) is 36.4 Å². The lowest BCUT2D eigenvalue weighted by atomic mass is 9.89. The van der Waals surface area contributed by atoms with Gasteiger partial charge < -0.3 is 9.80 Å². The average Bonchev–Trinajstić information content (AvgIpc) is 3.21. The SMILES string of the molecule is Fc1ccc2c(CCCN3CC[C@@H]4[C@H](C3)c3cccc5c3N4CCCS5)[nH]nc2c1. The third-order valence-electron chi connectivity index (χ3n) is 7.08. The van der Waals surface area contributed by atoms with E-state index in [9.17, 15) is 4.39 Å². The Morgan fingerprint density at radius 1 is 1.20 bits per heavy atom. The largest absolute Gasteiger partial charge is 0.367 e. The summed E-state index contributed by atoms with van der Waals surface area (Å²) in [6, 6.07) is 12.5. The number of hydrogen-bond donors (Lipinski definition) is 1. The van der Waals surface area contributed by atoms with E-state index in [1.807, 2.05) is 17.8 Å². The van der Waals surface area contributed by atoms with Gasteiger partial charge in [0.15, 0.2) is 0 Å². The Balaban J connectivity index is 1.14. The Kier molecular flexibility index (Phi) is 4.72. The summed E-state index contributed by atoms with van der Waals surface area (Å²) in [5.74, 6) is 1.66. The number of aromatic amines is 1. The molecule has 0 amide bonds. The molecule has 0 bridgehead atoms. The summed E-state index contributed by atoms with van der Waals surface area (Å²) in [6.45, 7) is 4.67. The third kappa shape index (κ3) is 3.12. The van der Waals surface area contributed by atoms with Crippen LogP contribution in [0.15, 0.2) is 41.3 Å². The number of hydrogen-bond acceptors (Lipinski definition) is 4. The number of nitrogens with one attached hydrogen (secondary N) is 1. The molecule has 1 fully saturated rings. The van der Waals surface area contributed by atoms with Gasteiger partial charge in [0, 0.05) is 53.6 Å². The second-order valence-electron chi connectivity index (χ2n) is 8.82. The lowest BCUT2D eigenvalue weighted by Gasteiger charge is -2.39. The van der Waals surface area contributed by atoms with Crippen LogP contribution in [-0.4, -0.2) is 53.1 Å².